The van der Waals surface area contributed by atoms with Crippen LogP contribution in [0.25, 0.3) is 0 Å². The second-order valence-corrected chi connectivity index (χ2v) is 8.22. The van der Waals surface area contributed by atoms with E-state index in [9.17, 15) is 9.59 Å². The maximum Gasteiger partial charge on any atom is 0.260 e. The van der Waals surface area contributed by atoms with Gasteiger partial charge in [-0.05, 0) is 50.1 Å². The molecule has 3 aromatic rings. The highest BCUT2D eigenvalue weighted by Gasteiger charge is 2.23. The molecule has 1 heterocycles. The molecular weight excluding hydrogens is 444 g/mol. The van der Waals surface area contributed by atoms with E-state index in [0.717, 1.165) is 11.3 Å². The Balaban J connectivity index is 1.70. The van der Waals surface area contributed by atoms with Crippen molar-refractivity contribution in [2.75, 3.05) is 32.9 Å². The van der Waals surface area contributed by atoms with Crippen molar-refractivity contribution in [1.82, 2.24) is 9.80 Å². The van der Waals surface area contributed by atoms with Crippen LogP contribution in [0, 0.1) is 6.92 Å². The van der Waals surface area contributed by atoms with Crippen LogP contribution in [0.3, 0.4) is 0 Å². The smallest absolute Gasteiger partial charge is 0.260 e. The summed E-state index contributed by atoms with van der Waals surface area (Å²) in [6, 6.07) is 22.7. The van der Waals surface area contributed by atoms with Crippen LogP contribution in [-0.2, 0) is 27.4 Å². The summed E-state index contributed by atoms with van der Waals surface area (Å²) in [7, 11) is 0. The summed E-state index contributed by atoms with van der Waals surface area (Å²) in [5.41, 5.74) is 1.01. The fraction of sp³-hybridized carbons (Fsp3) is 0.357. The fourth-order valence-electron chi connectivity index (χ4n) is 3.60. The van der Waals surface area contributed by atoms with Crippen LogP contribution in [0.15, 0.2) is 77.2 Å². The van der Waals surface area contributed by atoms with Crippen LogP contribution in [-0.4, -0.2) is 54.5 Å². The molecule has 0 bridgehead atoms. The molecule has 35 heavy (non-hydrogen) atoms. The number of hydrogen-bond acceptors (Lipinski definition) is 5. The van der Waals surface area contributed by atoms with Gasteiger partial charge in [-0.2, -0.15) is 0 Å². The molecule has 0 fully saturated rings. The van der Waals surface area contributed by atoms with Gasteiger partial charge in [-0.25, -0.2) is 0 Å². The number of amides is 2. The molecule has 1 aromatic heterocycles. The van der Waals surface area contributed by atoms with E-state index >= 15 is 0 Å². The Kier molecular flexibility index (Phi) is 10.4. The third-order valence-electron chi connectivity index (χ3n) is 5.42. The largest absolute Gasteiger partial charge is 0.484 e. The zero-order valence-electron chi connectivity index (χ0n) is 20.5. The standard InChI is InChI=1S/C28H34N2O5/c1-3-33-18-10-17-29(28(32)22-34-25-13-8-5-9-14-25)21-27(31)30(19-24-11-6-4-7-12-24)20-26-16-15-23(2)35-26/h4-9,11-16H,3,10,17-22H2,1-2H3. The number of ether oxygens (including phenoxy) is 2. The third kappa shape index (κ3) is 8.94. The average molecular weight is 479 g/mol. The van der Waals surface area contributed by atoms with E-state index in [4.69, 9.17) is 13.9 Å². The van der Waals surface area contributed by atoms with Crippen LogP contribution in [0.4, 0.5) is 0 Å². The number of carbonyl (C=O) groups excluding carboxylic acids is 2. The zero-order chi connectivity index (χ0) is 24.9. The predicted octanol–water partition coefficient (Wildman–Crippen LogP) is 4.45. The van der Waals surface area contributed by atoms with Gasteiger partial charge >= 0.3 is 0 Å². The molecule has 0 saturated heterocycles. The van der Waals surface area contributed by atoms with E-state index in [1.165, 1.54) is 0 Å². The van der Waals surface area contributed by atoms with Crippen LogP contribution >= 0.6 is 0 Å². The minimum Gasteiger partial charge on any atom is -0.484 e. The lowest BCUT2D eigenvalue weighted by Crippen LogP contribution is -2.44. The number of furan rings is 1. The molecular formula is C28H34N2O5. The first-order valence-corrected chi connectivity index (χ1v) is 12.0. The van der Waals surface area contributed by atoms with Gasteiger partial charge < -0.3 is 23.7 Å². The number of nitrogens with zero attached hydrogens (tertiary/aromatic N) is 2. The lowest BCUT2D eigenvalue weighted by Gasteiger charge is -2.27. The van der Waals surface area contributed by atoms with Crippen molar-refractivity contribution in [1.29, 1.82) is 0 Å². The predicted molar refractivity (Wildman–Crippen MR) is 134 cm³/mol. The number of rotatable bonds is 14. The Morgan fingerprint density at radius 1 is 0.857 bits per heavy atom. The summed E-state index contributed by atoms with van der Waals surface area (Å²) in [6.07, 6.45) is 0.633. The van der Waals surface area contributed by atoms with Crippen molar-refractivity contribution in [3.63, 3.8) is 0 Å². The van der Waals surface area contributed by atoms with Crippen LogP contribution in [0.5, 0.6) is 5.75 Å². The summed E-state index contributed by atoms with van der Waals surface area (Å²) >= 11 is 0. The molecule has 7 heteroatoms. The molecule has 0 atom stereocenters. The lowest BCUT2D eigenvalue weighted by molar-refractivity contribution is -0.142. The van der Waals surface area contributed by atoms with Gasteiger partial charge in [-0.15, -0.1) is 0 Å². The van der Waals surface area contributed by atoms with Gasteiger partial charge in [0.25, 0.3) is 5.91 Å². The van der Waals surface area contributed by atoms with Crippen molar-refractivity contribution in [3.8, 4) is 5.75 Å². The molecule has 0 N–H and O–H groups in total. The van der Waals surface area contributed by atoms with Gasteiger partial charge in [0, 0.05) is 26.3 Å². The quantitative estimate of drug-likeness (QED) is 0.320. The Morgan fingerprint density at radius 3 is 2.23 bits per heavy atom. The number of carbonyl (C=O) groups is 2. The molecule has 0 spiro atoms. The fourth-order valence-corrected chi connectivity index (χ4v) is 3.60. The topological polar surface area (TPSA) is 72.2 Å². The van der Waals surface area contributed by atoms with Crippen molar-refractivity contribution in [3.05, 3.63) is 89.9 Å². The molecule has 0 saturated carbocycles. The second kappa shape index (κ2) is 14.0. The molecule has 3 rings (SSSR count). The van der Waals surface area contributed by atoms with Gasteiger partial charge in [0.15, 0.2) is 6.61 Å². The molecule has 0 aliphatic heterocycles. The van der Waals surface area contributed by atoms with Crippen LogP contribution in [0.2, 0.25) is 0 Å². The summed E-state index contributed by atoms with van der Waals surface area (Å²) in [5.74, 6) is 1.70. The van der Waals surface area contributed by atoms with Crippen molar-refractivity contribution < 1.29 is 23.5 Å². The molecule has 2 aromatic carbocycles. The van der Waals surface area contributed by atoms with E-state index in [0.29, 0.717) is 50.8 Å². The SMILES string of the molecule is CCOCCCN(CC(=O)N(Cc1ccccc1)Cc1ccc(C)o1)C(=O)COc1ccccc1. The van der Waals surface area contributed by atoms with Gasteiger partial charge in [0.05, 0.1) is 13.1 Å². The average Bonchev–Trinajstić information content (AvgIpc) is 3.29. The first-order chi connectivity index (χ1) is 17.0. The zero-order valence-corrected chi connectivity index (χ0v) is 20.5. The summed E-state index contributed by atoms with van der Waals surface area (Å²) < 4.78 is 16.8. The maximum atomic E-state index is 13.5. The van der Waals surface area contributed by atoms with Crippen molar-refractivity contribution in [2.45, 2.75) is 33.4 Å². The van der Waals surface area contributed by atoms with Crippen LogP contribution < -0.4 is 4.74 Å². The summed E-state index contributed by atoms with van der Waals surface area (Å²) in [5, 5.41) is 0. The van der Waals surface area contributed by atoms with Gasteiger partial charge in [0.1, 0.15) is 17.3 Å². The van der Waals surface area contributed by atoms with E-state index in [1.807, 2.05) is 74.5 Å². The van der Waals surface area contributed by atoms with Gasteiger partial charge in [-0.3, -0.25) is 9.59 Å². The molecule has 0 aliphatic rings. The Hall–Kier alpha value is -3.58. The highest BCUT2D eigenvalue weighted by Crippen LogP contribution is 2.14. The molecule has 0 unspecified atom stereocenters. The monoisotopic (exact) mass is 478 g/mol. The Bertz CT molecular complexity index is 1040. The van der Waals surface area contributed by atoms with Gasteiger partial charge in [-0.1, -0.05) is 48.5 Å². The highest BCUT2D eigenvalue weighted by atomic mass is 16.5. The molecule has 186 valence electrons. The molecule has 0 radical (unpaired) electrons. The van der Waals surface area contributed by atoms with Crippen molar-refractivity contribution in [2.24, 2.45) is 0 Å². The Labute approximate surface area is 207 Å². The molecule has 2 amide bonds. The van der Waals surface area contributed by atoms with E-state index < -0.39 is 0 Å². The summed E-state index contributed by atoms with van der Waals surface area (Å²) in [4.78, 5) is 29.8. The van der Waals surface area contributed by atoms with E-state index in [2.05, 4.69) is 0 Å². The minimum absolute atomic E-state index is 0.0460. The Morgan fingerprint density at radius 2 is 1.57 bits per heavy atom. The lowest BCUT2D eigenvalue weighted by atomic mass is 10.2. The normalized spacial score (nSPS) is 10.7. The molecule has 7 nitrogen and oxygen atoms in total. The number of benzene rings is 2. The minimum atomic E-state index is -0.243. The third-order valence-corrected chi connectivity index (χ3v) is 5.42. The van der Waals surface area contributed by atoms with Crippen molar-refractivity contribution >= 4 is 11.8 Å². The maximum absolute atomic E-state index is 13.5. The second-order valence-electron chi connectivity index (χ2n) is 8.22. The van der Waals surface area contributed by atoms with Crippen LogP contribution in [0.1, 0.15) is 30.4 Å². The summed E-state index contributed by atoms with van der Waals surface area (Å²) in [6.45, 7) is 5.89. The molecule has 0 aliphatic carbocycles. The first-order valence-electron chi connectivity index (χ1n) is 12.0. The highest BCUT2D eigenvalue weighted by molar-refractivity contribution is 5.85. The van der Waals surface area contributed by atoms with E-state index in [-0.39, 0.29) is 25.0 Å². The number of para-hydroxylation sites is 1. The number of aryl methyl sites for hydroxylation is 1. The number of hydrogen-bond donors (Lipinski definition) is 0. The van der Waals surface area contributed by atoms with E-state index in [1.54, 1.807) is 21.9 Å². The van der Waals surface area contributed by atoms with Gasteiger partial charge in [0.2, 0.25) is 5.91 Å². The first kappa shape index (κ1) is 26.0.